The highest BCUT2D eigenvalue weighted by Crippen LogP contribution is 2.23. The molecule has 0 radical (unpaired) electrons. The Morgan fingerprint density at radius 1 is 1.30 bits per heavy atom. The number of hydrogen-bond donors (Lipinski definition) is 1. The first-order valence-corrected chi connectivity index (χ1v) is 8.66. The summed E-state index contributed by atoms with van der Waals surface area (Å²) in [5.41, 5.74) is 1.22. The van der Waals surface area contributed by atoms with Crippen LogP contribution in [0.2, 0.25) is 0 Å². The van der Waals surface area contributed by atoms with E-state index in [9.17, 15) is 4.39 Å². The SMILES string of the molecule is CCSCCCC(CNC(C)(C)C)c1cccc(F)c1. The van der Waals surface area contributed by atoms with E-state index in [4.69, 9.17) is 0 Å². The van der Waals surface area contributed by atoms with E-state index in [2.05, 4.69) is 33.0 Å². The topological polar surface area (TPSA) is 12.0 Å². The second-order valence-electron chi connectivity index (χ2n) is 6.22. The lowest BCUT2D eigenvalue weighted by atomic mass is 9.93. The Morgan fingerprint density at radius 3 is 2.65 bits per heavy atom. The third kappa shape index (κ3) is 7.30. The molecule has 0 aliphatic carbocycles. The molecule has 0 aliphatic rings. The first-order chi connectivity index (χ1) is 9.42. The zero-order valence-corrected chi connectivity index (χ0v) is 14.0. The van der Waals surface area contributed by atoms with E-state index in [1.807, 2.05) is 23.9 Å². The molecule has 0 aromatic heterocycles. The molecule has 0 saturated carbocycles. The van der Waals surface area contributed by atoms with Gasteiger partial charge in [-0.05, 0) is 68.7 Å². The summed E-state index contributed by atoms with van der Waals surface area (Å²) < 4.78 is 13.4. The van der Waals surface area contributed by atoms with Crippen molar-refractivity contribution in [3.8, 4) is 0 Å². The standard InChI is InChI=1S/C17H28FNS/c1-5-20-11-7-9-15(13-19-17(2,3)4)14-8-6-10-16(18)12-14/h6,8,10,12,15,19H,5,7,9,11,13H2,1-4H3. The smallest absolute Gasteiger partial charge is 0.123 e. The van der Waals surface area contributed by atoms with Crippen molar-refractivity contribution in [1.29, 1.82) is 0 Å². The van der Waals surface area contributed by atoms with Crippen molar-refractivity contribution in [3.05, 3.63) is 35.6 Å². The second kappa shape index (κ2) is 8.68. The summed E-state index contributed by atoms with van der Waals surface area (Å²) in [6.07, 6.45) is 2.30. The molecule has 114 valence electrons. The molecule has 1 nitrogen and oxygen atoms in total. The van der Waals surface area contributed by atoms with Gasteiger partial charge in [-0.2, -0.15) is 11.8 Å². The van der Waals surface area contributed by atoms with Crippen LogP contribution in [0, 0.1) is 5.82 Å². The van der Waals surface area contributed by atoms with Gasteiger partial charge in [0.1, 0.15) is 5.82 Å². The molecular formula is C17H28FNS. The molecule has 0 aliphatic heterocycles. The molecule has 0 fully saturated rings. The molecule has 1 aromatic rings. The highest BCUT2D eigenvalue weighted by Gasteiger charge is 2.16. The summed E-state index contributed by atoms with van der Waals surface area (Å²) in [5, 5.41) is 3.55. The second-order valence-corrected chi connectivity index (χ2v) is 7.62. The van der Waals surface area contributed by atoms with Crippen molar-refractivity contribution < 1.29 is 4.39 Å². The lowest BCUT2D eigenvalue weighted by Crippen LogP contribution is -2.38. The predicted octanol–water partition coefficient (Wildman–Crippen LogP) is 4.83. The van der Waals surface area contributed by atoms with Crippen LogP contribution in [0.4, 0.5) is 4.39 Å². The van der Waals surface area contributed by atoms with Crippen LogP contribution in [0.25, 0.3) is 0 Å². The van der Waals surface area contributed by atoms with Crippen LogP contribution >= 0.6 is 11.8 Å². The van der Waals surface area contributed by atoms with E-state index in [-0.39, 0.29) is 11.4 Å². The molecule has 0 spiro atoms. The van der Waals surface area contributed by atoms with Gasteiger partial charge in [0, 0.05) is 12.1 Å². The summed E-state index contributed by atoms with van der Waals surface area (Å²) in [6.45, 7) is 9.60. The average molecular weight is 297 g/mol. The minimum Gasteiger partial charge on any atom is -0.311 e. The van der Waals surface area contributed by atoms with Gasteiger partial charge in [0.25, 0.3) is 0 Å². The van der Waals surface area contributed by atoms with Crippen LogP contribution in [0.1, 0.15) is 52.0 Å². The Balaban J connectivity index is 2.63. The molecule has 3 heteroatoms. The Labute approximate surface area is 127 Å². The van der Waals surface area contributed by atoms with Gasteiger partial charge >= 0.3 is 0 Å². The fourth-order valence-electron chi connectivity index (χ4n) is 2.15. The van der Waals surface area contributed by atoms with Gasteiger partial charge in [-0.3, -0.25) is 0 Å². The first kappa shape index (κ1) is 17.5. The summed E-state index contributed by atoms with van der Waals surface area (Å²) >= 11 is 1.98. The fraction of sp³-hybridized carbons (Fsp3) is 0.647. The van der Waals surface area contributed by atoms with Crippen LogP contribution in [0.5, 0.6) is 0 Å². The third-order valence-corrected chi connectivity index (χ3v) is 4.23. The normalized spacial score (nSPS) is 13.4. The molecule has 0 saturated heterocycles. The van der Waals surface area contributed by atoms with Crippen molar-refractivity contribution in [2.75, 3.05) is 18.1 Å². The lowest BCUT2D eigenvalue weighted by Gasteiger charge is -2.25. The van der Waals surface area contributed by atoms with Gasteiger partial charge < -0.3 is 5.32 Å². The van der Waals surface area contributed by atoms with Gasteiger partial charge in [0.2, 0.25) is 0 Å². The Morgan fingerprint density at radius 2 is 2.05 bits per heavy atom. The minimum absolute atomic E-state index is 0.101. The minimum atomic E-state index is -0.133. The number of benzene rings is 1. The molecule has 0 heterocycles. The van der Waals surface area contributed by atoms with Crippen LogP contribution in [0.3, 0.4) is 0 Å². The molecule has 0 amide bonds. The molecule has 1 unspecified atom stereocenters. The van der Waals surface area contributed by atoms with Gasteiger partial charge in [-0.15, -0.1) is 0 Å². The van der Waals surface area contributed by atoms with Crippen molar-refractivity contribution >= 4 is 11.8 Å². The Kier molecular flexibility index (Phi) is 7.60. The lowest BCUT2D eigenvalue weighted by molar-refractivity contribution is 0.398. The Hall–Kier alpha value is -0.540. The van der Waals surface area contributed by atoms with Gasteiger partial charge in [-0.25, -0.2) is 4.39 Å². The molecule has 0 bridgehead atoms. The van der Waals surface area contributed by atoms with E-state index in [1.54, 1.807) is 6.07 Å². The monoisotopic (exact) mass is 297 g/mol. The van der Waals surface area contributed by atoms with Gasteiger partial charge in [0.05, 0.1) is 0 Å². The number of nitrogens with one attached hydrogen (secondary N) is 1. The fourth-order valence-corrected chi connectivity index (χ4v) is 2.81. The number of thioether (sulfide) groups is 1. The summed E-state index contributed by atoms with van der Waals surface area (Å²) in [4.78, 5) is 0. The number of halogens is 1. The molecule has 1 atom stereocenters. The maximum absolute atomic E-state index is 13.4. The molecule has 1 rings (SSSR count). The van der Waals surface area contributed by atoms with E-state index in [0.717, 1.165) is 18.5 Å². The van der Waals surface area contributed by atoms with Crippen LogP contribution in [-0.2, 0) is 0 Å². The molecular weight excluding hydrogens is 269 g/mol. The quantitative estimate of drug-likeness (QED) is 0.690. The van der Waals surface area contributed by atoms with E-state index < -0.39 is 0 Å². The van der Waals surface area contributed by atoms with E-state index >= 15 is 0 Å². The summed E-state index contributed by atoms with van der Waals surface area (Å²) in [6, 6.07) is 7.06. The summed E-state index contributed by atoms with van der Waals surface area (Å²) in [5.74, 6) is 2.62. The van der Waals surface area contributed by atoms with Crippen molar-refractivity contribution in [2.24, 2.45) is 0 Å². The van der Waals surface area contributed by atoms with Gasteiger partial charge in [-0.1, -0.05) is 19.1 Å². The van der Waals surface area contributed by atoms with Crippen molar-refractivity contribution in [3.63, 3.8) is 0 Å². The number of rotatable bonds is 8. The first-order valence-electron chi connectivity index (χ1n) is 7.50. The Bertz CT molecular complexity index is 387. The zero-order valence-electron chi connectivity index (χ0n) is 13.2. The largest absolute Gasteiger partial charge is 0.311 e. The average Bonchev–Trinajstić information content (AvgIpc) is 2.36. The molecule has 20 heavy (non-hydrogen) atoms. The van der Waals surface area contributed by atoms with Gasteiger partial charge in [0.15, 0.2) is 0 Å². The highest BCUT2D eigenvalue weighted by molar-refractivity contribution is 7.99. The molecule has 1 N–H and O–H groups in total. The van der Waals surface area contributed by atoms with E-state index in [1.165, 1.54) is 24.0 Å². The third-order valence-electron chi connectivity index (χ3n) is 3.24. The number of hydrogen-bond acceptors (Lipinski definition) is 2. The van der Waals surface area contributed by atoms with Crippen LogP contribution in [0.15, 0.2) is 24.3 Å². The van der Waals surface area contributed by atoms with Crippen molar-refractivity contribution in [2.45, 2.75) is 52.0 Å². The van der Waals surface area contributed by atoms with Crippen molar-refractivity contribution in [1.82, 2.24) is 5.32 Å². The maximum Gasteiger partial charge on any atom is 0.123 e. The molecule has 1 aromatic carbocycles. The maximum atomic E-state index is 13.4. The summed E-state index contributed by atoms with van der Waals surface area (Å²) in [7, 11) is 0. The van der Waals surface area contributed by atoms with Crippen LogP contribution < -0.4 is 5.32 Å². The van der Waals surface area contributed by atoms with Crippen LogP contribution in [-0.4, -0.2) is 23.6 Å². The highest BCUT2D eigenvalue weighted by atomic mass is 32.2. The van der Waals surface area contributed by atoms with E-state index in [0.29, 0.717) is 5.92 Å². The predicted molar refractivity (Wildman–Crippen MR) is 89.1 cm³/mol. The zero-order chi connectivity index (χ0) is 15.0.